The maximum absolute atomic E-state index is 12.8. The average Bonchev–Trinajstić information content (AvgIpc) is 2.99. The molecule has 1 aliphatic rings. The quantitative estimate of drug-likeness (QED) is 0.758. The predicted octanol–water partition coefficient (Wildman–Crippen LogP) is 2.42. The van der Waals surface area contributed by atoms with E-state index >= 15 is 0 Å². The van der Waals surface area contributed by atoms with E-state index in [9.17, 15) is 9.59 Å². The van der Waals surface area contributed by atoms with Crippen molar-refractivity contribution in [2.75, 3.05) is 6.54 Å². The van der Waals surface area contributed by atoms with Crippen molar-refractivity contribution in [2.45, 2.75) is 19.5 Å². The van der Waals surface area contributed by atoms with Gasteiger partial charge in [0.1, 0.15) is 0 Å². The summed E-state index contributed by atoms with van der Waals surface area (Å²) in [6.07, 6.45) is 0.789. The normalized spacial score (nSPS) is 14.2. The summed E-state index contributed by atoms with van der Waals surface area (Å²) >= 11 is 0. The number of H-pyrrole nitrogens is 1. The topological polar surface area (TPSA) is 78.3 Å². The first-order chi connectivity index (χ1) is 12.6. The van der Waals surface area contributed by atoms with E-state index in [0.29, 0.717) is 12.2 Å². The van der Waals surface area contributed by atoms with Gasteiger partial charge in [-0.2, -0.15) is 0 Å². The Hall–Kier alpha value is -3.12. The molecule has 0 unspecified atom stereocenters. The summed E-state index contributed by atoms with van der Waals surface area (Å²) in [6, 6.07) is 16.5. The van der Waals surface area contributed by atoms with Crippen LogP contribution in [0.15, 0.2) is 59.4 Å². The number of carboxylic acids is 1. The van der Waals surface area contributed by atoms with Gasteiger partial charge >= 0.3 is 5.97 Å². The number of hydrogen-bond acceptors (Lipinski definition) is 3. The molecule has 0 radical (unpaired) electrons. The molecule has 0 spiro atoms. The summed E-state index contributed by atoms with van der Waals surface area (Å²) in [6.45, 7) is 2.32. The third-order valence-corrected chi connectivity index (χ3v) is 4.75. The molecule has 1 aliphatic heterocycles. The number of benzene rings is 2. The van der Waals surface area contributed by atoms with Gasteiger partial charge in [-0.3, -0.25) is 14.8 Å². The van der Waals surface area contributed by atoms with Crippen LogP contribution in [0.3, 0.4) is 0 Å². The van der Waals surface area contributed by atoms with Crippen molar-refractivity contribution >= 4 is 5.97 Å². The number of fused-ring (bicyclic) bond motifs is 1. The molecular formula is C20H19N3O3. The van der Waals surface area contributed by atoms with Gasteiger partial charge < -0.3 is 5.11 Å². The van der Waals surface area contributed by atoms with Gasteiger partial charge in [0.2, 0.25) is 0 Å². The molecule has 2 N–H and O–H groups in total. The maximum Gasteiger partial charge on any atom is 0.335 e. The van der Waals surface area contributed by atoms with E-state index in [0.717, 1.165) is 30.8 Å². The van der Waals surface area contributed by atoms with Gasteiger partial charge in [-0.25, -0.2) is 9.48 Å². The Morgan fingerprint density at radius 2 is 1.81 bits per heavy atom. The Labute approximate surface area is 150 Å². The zero-order valence-corrected chi connectivity index (χ0v) is 14.2. The monoisotopic (exact) mass is 349 g/mol. The van der Waals surface area contributed by atoms with Crippen molar-refractivity contribution in [1.29, 1.82) is 0 Å². The highest BCUT2D eigenvalue weighted by atomic mass is 16.4. The predicted molar refractivity (Wildman–Crippen MR) is 97.6 cm³/mol. The van der Waals surface area contributed by atoms with Gasteiger partial charge in [-0.05, 0) is 29.8 Å². The minimum absolute atomic E-state index is 0.0687. The molecule has 3 aromatic rings. The summed E-state index contributed by atoms with van der Waals surface area (Å²) in [5, 5.41) is 12.2. The van der Waals surface area contributed by atoms with Crippen LogP contribution in [0.2, 0.25) is 0 Å². The summed E-state index contributed by atoms with van der Waals surface area (Å²) in [5.41, 5.74) is 3.75. The van der Waals surface area contributed by atoms with Crippen LogP contribution in [0.1, 0.15) is 27.2 Å². The first-order valence-corrected chi connectivity index (χ1v) is 8.54. The lowest BCUT2D eigenvalue weighted by molar-refractivity contribution is 0.0697. The first-order valence-electron chi connectivity index (χ1n) is 8.54. The third kappa shape index (κ3) is 3.07. The fraction of sp³-hybridized carbons (Fsp3) is 0.200. The Balaban J connectivity index is 1.58. The Kier molecular flexibility index (Phi) is 4.18. The van der Waals surface area contributed by atoms with Crippen molar-refractivity contribution in [3.05, 3.63) is 87.3 Å². The summed E-state index contributed by atoms with van der Waals surface area (Å²) in [5.74, 6) is -0.980. The highest BCUT2D eigenvalue weighted by molar-refractivity contribution is 5.87. The average molecular weight is 349 g/mol. The number of aromatic carboxylic acids is 1. The number of nitrogens with zero attached hydrogens (tertiary/aromatic N) is 2. The number of rotatable bonds is 4. The van der Waals surface area contributed by atoms with Gasteiger partial charge in [0, 0.05) is 31.7 Å². The number of aromatic amines is 1. The largest absolute Gasteiger partial charge is 0.478 e. The Bertz CT molecular complexity index is 987. The zero-order valence-electron chi connectivity index (χ0n) is 14.2. The van der Waals surface area contributed by atoms with Crippen molar-refractivity contribution in [1.82, 2.24) is 14.7 Å². The minimum atomic E-state index is -0.980. The molecule has 0 saturated heterocycles. The number of carboxylic acid groups (broad SMARTS) is 1. The standard InChI is InChI=1S/C20H19N3O3/c24-19-17-13-22(12-14-4-2-1-3-5-14)11-10-18(17)21-23(19)16-8-6-15(7-9-16)20(25)26/h1-9,21H,10-13H2,(H,25,26). The smallest absolute Gasteiger partial charge is 0.335 e. The van der Waals surface area contributed by atoms with Crippen LogP contribution in [0, 0.1) is 0 Å². The molecule has 0 aliphatic carbocycles. The molecule has 0 fully saturated rings. The highest BCUT2D eigenvalue weighted by Crippen LogP contribution is 2.18. The number of carbonyl (C=O) groups is 1. The minimum Gasteiger partial charge on any atom is -0.478 e. The molecule has 26 heavy (non-hydrogen) atoms. The van der Waals surface area contributed by atoms with Crippen molar-refractivity contribution in [2.24, 2.45) is 0 Å². The summed E-state index contributed by atoms with van der Waals surface area (Å²) < 4.78 is 1.50. The number of nitrogens with one attached hydrogen (secondary N) is 1. The highest BCUT2D eigenvalue weighted by Gasteiger charge is 2.23. The van der Waals surface area contributed by atoms with Crippen LogP contribution in [0.25, 0.3) is 5.69 Å². The molecule has 4 rings (SSSR count). The van der Waals surface area contributed by atoms with Crippen molar-refractivity contribution in [3.8, 4) is 5.69 Å². The SMILES string of the molecule is O=C(O)c1ccc(-n2[nH]c3c(c2=O)CN(Cc2ccccc2)CC3)cc1. The second-order valence-electron chi connectivity index (χ2n) is 6.51. The Morgan fingerprint density at radius 3 is 2.50 bits per heavy atom. The molecule has 2 heterocycles. The second kappa shape index (κ2) is 6.65. The number of aromatic nitrogens is 2. The molecule has 0 amide bonds. The van der Waals surface area contributed by atoms with Crippen LogP contribution in [0.4, 0.5) is 0 Å². The van der Waals surface area contributed by atoms with E-state index in [2.05, 4.69) is 22.1 Å². The first kappa shape index (κ1) is 16.4. The van der Waals surface area contributed by atoms with E-state index < -0.39 is 5.97 Å². The van der Waals surface area contributed by atoms with Crippen LogP contribution < -0.4 is 5.56 Å². The lowest BCUT2D eigenvalue weighted by Crippen LogP contribution is -2.32. The molecule has 0 bridgehead atoms. The molecule has 2 aromatic carbocycles. The van der Waals surface area contributed by atoms with Gasteiger partial charge in [0.25, 0.3) is 5.56 Å². The molecule has 6 heteroatoms. The molecule has 0 saturated carbocycles. The zero-order chi connectivity index (χ0) is 18.1. The Morgan fingerprint density at radius 1 is 1.08 bits per heavy atom. The van der Waals surface area contributed by atoms with Gasteiger partial charge in [-0.15, -0.1) is 0 Å². The lowest BCUT2D eigenvalue weighted by atomic mass is 10.1. The van der Waals surface area contributed by atoms with Crippen molar-refractivity contribution < 1.29 is 9.90 Å². The molecule has 0 atom stereocenters. The second-order valence-corrected chi connectivity index (χ2v) is 6.51. The summed E-state index contributed by atoms with van der Waals surface area (Å²) in [4.78, 5) is 26.1. The molecular weight excluding hydrogens is 330 g/mol. The van der Waals surface area contributed by atoms with Gasteiger partial charge in [-0.1, -0.05) is 30.3 Å². The van der Waals surface area contributed by atoms with Crippen LogP contribution in [-0.2, 0) is 19.5 Å². The van der Waals surface area contributed by atoms with Crippen LogP contribution in [-0.4, -0.2) is 32.3 Å². The fourth-order valence-electron chi connectivity index (χ4n) is 3.37. The van der Waals surface area contributed by atoms with Crippen molar-refractivity contribution in [3.63, 3.8) is 0 Å². The fourth-order valence-corrected chi connectivity index (χ4v) is 3.37. The van der Waals surface area contributed by atoms with E-state index in [-0.39, 0.29) is 11.1 Å². The molecule has 1 aromatic heterocycles. The van der Waals surface area contributed by atoms with Crippen LogP contribution >= 0.6 is 0 Å². The van der Waals surface area contributed by atoms with E-state index in [1.165, 1.54) is 22.4 Å². The van der Waals surface area contributed by atoms with E-state index in [4.69, 9.17) is 5.11 Å². The van der Waals surface area contributed by atoms with E-state index in [1.807, 2.05) is 18.2 Å². The lowest BCUT2D eigenvalue weighted by Gasteiger charge is -2.25. The van der Waals surface area contributed by atoms with Gasteiger partial charge in [0.15, 0.2) is 0 Å². The summed E-state index contributed by atoms with van der Waals surface area (Å²) in [7, 11) is 0. The molecule has 132 valence electrons. The van der Waals surface area contributed by atoms with E-state index in [1.54, 1.807) is 12.1 Å². The van der Waals surface area contributed by atoms with Crippen LogP contribution in [0.5, 0.6) is 0 Å². The number of hydrogen-bond donors (Lipinski definition) is 2. The molecule has 6 nitrogen and oxygen atoms in total. The van der Waals surface area contributed by atoms with Gasteiger partial charge in [0.05, 0.1) is 16.8 Å². The third-order valence-electron chi connectivity index (χ3n) is 4.75. The maximum atomic E-state index is 12.8.